The Bertz CT molecular complexity index is 1890. The van der Waals surface area contributed by atoms with Gasteiger partial charge in [-0.25, -0.2) is 0 Å². The van der Waals surface area contributed by atoms with Crippen LogP contribution in [0.25, 0.3) is 0 Å². The molecule has 13 atom stereocenters. The predicted octanol–water partition coefficient (Wildman–Crippen LogP) is -5.22. The minimum absolute atomic E-state index is 0.0213. The summed E-state index contributed by atoms with van der Waals surface area (Å²) in [6, 6.07) is -2.59. The van der Waals surface area contributed by atoms with E-state index in [2.05, 4.69) is 16.0 Å². The van der Waals surface area contributed by atoms with Crippen LogP contribution in [0.5, 0.6) is 0 Å². The normalized spacial score (nSPS) is 25.8. The van der Waals surface area contributed by atoms with Crippen LogP contribution in [0.3, 0.4) is 0 Å². The van der Waals surface area contributed by atoms with Gasteiger partial charge >= 0.3 is 17.9 Å². The molecule has 3 saturated heterocycles. The Morgan fingerprint density at radius 1 is 0.411 bits per heavy atom. The molecule has 13 N–H and O–H groups in total. The molecule has 13 unspecified atom stereocenters. The third-order valence-electron chi connectivity index (χ3n) is 13.4. The number of hydrogen-bond acceptors (Lipinski definition) is 31. The maximum Gasteiger partial charge on any atom is 0.302 e. The van der Waals surface area contributed by atoms with Gasteiger partial charge in [-0.3, -0.25) is 28.8 Å². The summed E-state index contributed by atoms with van der Waals surface area (Å²) in [6.07, 6.45) is -8.89. The zero-order valence-electron chi connectivity index (χ0n) is 52.5. The largest absolute Gasteiger partial charge is 0.463 e. The fraction of sp³-hybridized carbons (Fsp3) is 0.893. The van der Waals surface area contributed by atoms with Crippen LogP contribution >= 0.6 is 0 Å². The van der Waals surface area contributed by atoms with Crippen molar-refractivity contribution in [2.75, 3.05) is 178 Å². The summed E-state index contributed by atoms with van der Waals surface area (Å²) in [7, 11) is 0. The molecular weight excluding hydrogens is 1200 g/mol. The van der Waals surface area contributed by atoms with E-state index in [1.54, 1.807) is 0 Å². The van der Waals surface area contributed by atoms with E-state index in [-0.39, 0.29) is 228 Å². The van der Waals surface area contributed by atoms with E-state index in [1.165, 1.54) is 20.8 Å². The molecule has 0 saturated carbocycles. The lowest BCUT2D eigenvalue weighted by molar-refractivity contribution is -0.268. The van der Waals surface area contributed by atoms with E-state index in [0.717, 1.165) is 0 Å². The van der Waals surface area contributed by atoms with Gasteiger partial charge < -0.3 is 139 Å². The molecule has 0 aliphatic carbocycles. The Balaban J connectivity index is 1.28. The molecule has 3 heterocycles. The average molecular weight is 1310 g/mol. The number of carbonyl (C=O) groups excluding carboxylic acids is 6. The number of rotatable bonds is 51. The van der Waals surface area contributed by atoms with Gasteiger partial charge in [0.15, 0.2) is 18.9 Å². The fourth-order valence-electron chi connectivity index (χ4n) is 8.53. The van der Waals surface area contributed by atoms with Gasteiger partial charge in [-0.2, -0.15) is 0 Å². The maximum atomic E-state index is 12.6. The molecule has 3 amide bonds. The number of carbonyl (C=O) groups is 6. The number of nitrogens with one attached hydrogen (secondary N) is 3. The lowest BCUT2D eigenvalue weighted by Gasteiger charge is -2.40. The molecule has 3 rings (SSSR count). The number of amides is 3. The molecule has 0 aromatic heterocycles. The standard InChI is InChI=1S/C56H102N6O28/c1-37(63)85-31-40-29-42(66)48(57)53(88-40)82-26-23-76-20-17-73-14-8-60-45(68)5-11-79-34-56(4,35-80-12-6-46(69)61-9-15-74-18-21-77-24-27-83-54-49(58)43(67)30-41(89-54)32-86-38(2)64)36-81-13-7-47(70)62-10-16-75-19-22-78-25-28-84-55-50(59)52(72)51(71)44(90-55)33-87-39(3)65/h40-44,48-55,66-67,71-72H,5-36,57-59H2,1-4H3,(H,60,68)(H,61,69)(H,62,70). The molecule has 0 aromatic carbocycles. The van der Waals surface area contributed by atoms with Crippen LogP contribution in [0, 0.1) is 5.41 Å². The summed E-state index contributed by atoms with van der Waals surface area (Å²) in [5.74, 6) is -2.28. The zero-order valence-corrected chi connectivity index (χ0v) is 52.5. The quantitative estimate of drug-likeness (QED) is 0.0155. The first kappa shape index (κ1) is 80.2. The van der Waals surface area contributed by atoms with Crippen molar-refractivity contribution < 1.29 is 134 Å². The Morgan fingerprint density at radius 2 is 0.722 bits per heavy atom. The highest BCUT2D eigenvalue weighted by atomic mass is 16.7. The molecule has 0 radical (unpaired) electrons. The van der Waals surface area contributed by atoms with Gasteiger partial charge in [-0.05, 0) is 0 Å². The van der Waals surface area contributed by atoms with E-state index in [0.29, 0.717) is 0 Å². The second-order valence-corrected chi connectivity index (χ2v) is 21.6. The van der Waals surface area contributed by atoms with Crippen molar-refractivity contribution in [1.29, 1.82) is 0 Å². The summed E-state index contributed by atoms with van der Waals surface area (Å²) in [4.78, 5) is 71.2. The van der Waals surface area contributed by atoms with Crippen LogP contribution in [0.4, 0.5) is 0 Å². The highest BCUT2D eigenvalue weighted by molar-refractivity contribution is 5.76. The first-order chi connectivity index (χ1) is 43.2. The van der Waals surface area contributed by atoms with Crippen molar-refractivity contribution in [3.8, 4) is 0 Å². The second kappa shape index (κ2) is 47.8. The van der Waals surface area contributed by atoms with Crippen molar-refractivity contribution in [1.82, 2.24) is 16.0 Å². The first-order valence-corrected chi connectivity index (χ1v) is 30.4. The van der Waals surface area contributed by atoms with Gasteiger partial charge in [0.25, 0.3) is 0 Å². The minimum Gasteiger partial charge on any atom is -0.463 e. The summed E-state index contributed by atoms with van der Waals surface area (Å²) in [5.41, 5.74) is 17.2. The van der Waals surface area contributed by atoms with Gasteiger partial charge in [0.2, 0.25) is 17.7 Å². The van der Waals surface area contributed by atoms with Gasteiger partial charge in [0, 0.05) is 77.9 Å². The number of aliphatic hydroxyl groups excluding tert-OH is 4. The number of nitrogens with two attached hydrogens (primary N) is 3. The van der Waals surface area contributed by atoms with E-state index in [4.69, 9.17) is 102 Å². The van der Waals surface area contributed by atoms with Crippen molar-refractivity contribution in [3.05, 3.63) is 0 Å². The summed E-state index contributed by atoms with van der Waals surface area (Å²) >= 11 is 0. The molecule has 0 spiro atoms. The van der Waals surface area contributed by atoms with Crippen molar-refractivity contribution in [2.24, 2.45) is 22.6 Å². The highest BCUT2D eigenvalue weighted by Gasteiger charge is 2.44. The molecule has 0 aromatic rings. The third kappa shape index (κ3) is 36.4. The topological polar surface area (TPSA) is 464 Å². The number of aliphatic hydroxyl groups is 4. The number of esters is 3. The predicted molar refractivity (Wildman–Crippen MR) is 309 cm³/mol. The summed E-state index contributed by atoms with van der Waals surface area (Å²) in [5, 5.41) is 49.2. The van der Waals surface area contributed by atoms with Crippen LogP contribution in [0.15, 0.2) is 0 Å². The Labute approximate surface area is 525 Å². The molecule has 34 heteroatoms. The van der Waals surface area contributed by atoms with E-state index in [9.17, 15) is 49.2 Å². The lowest BCUT2D eigenvalue weighted by atomic mass is 9.94. The molecule has 90 heavy (non-hydrogen) atoms. The van der Waals surface area contributed by atoms with Gasteiger partial charge in [0.1, 0.15) is 38.1 Å². The van der Waals surface area contributed by atoms with Crippen LogP contribution in [0.2, 0.25) is 0 Å². The smallest absolute Gasteiger partial charge is 0.302 e. The molecular formula is C56H102N6O28. The van der Waals surface area contributed by atoms with Crippen LogP contribution in [-0.4, -0.2) is 314 Å². The maximum absolute atomic E-state index is 12.6. The zero-order chi connectivity index (χ0) is 65.9. The molecule has 3 fully saturated rings. The molecule has 3 aliphatic rings. The Hall–Kier alpha value is -4.06. The van der Waals surface area contributed by atoms with Gasteiger partial charge in [0.05, 0.1) is 181 Å². The van der Waals surface area contributed by atoms with E-state index in [1.807, 2.05) is 6.92 Å². The lowest BCUT2D eigenvalue weighted by Crippen LogP contribution is -2.62. The van der Waals surface area contributed by atoms with Gasteiger partial charge in [-0.15, -0.1) is 0 Å². The Kier molecular flexibility index (Phi) is 42.5. The van der Waals surface area contributed by atoms with Crippen LogP contribution < -0.4 is 33.2 Å². The van der Waals surface area contributed by atoms with Crippen LogP contribution in [0.1, 0.15) is 59.8 Å². The monoisotopic (exact) mass is 1310 g/mol. The Morgan fingerprint density at radius 3 is 1.07 bits per heavy atom. The summed E-state index contributed by atoms with van der Waals surface area (Å²) < 4.78 is 99.6. The minimum atomic E-state index is -1.37. The van der Waals surface area contributed by atoms with Crippen molar-refractivity contribution in [2.45, 2.75) is 140 Å². The molecule has 524 valence electrons. The third-order valence-corrected chi connectivity index (χ3v) is 13.4. The SMILES string of the molecule is CC(=O)OCC1CC(O)C(N)C(OCCOCCOCCNC(=O)CCOCC(C)(COCCC(=O)NCCOCCOCCOC2OC(COC(C)=O)CC(O)C2N)COCCC(=O)NCCOCCOCCOC2OC(COC(C)=O)C(O)C(O)C2N)O1. The van der Waals surface area contributed by atoms with E-state index < -0.39 is 103 Å². The van der Waals surface area contributed by atoms with E-state index >= 15 is 0 Å². The molecule has 3 aliphatic heterocycles. The fourth-order valence-corrected chi connectivity index (χ4v) is 8.53. The average Bonchev–Trinajstić information content (AvgIpc) is 1.71. The number of hydrogen-bond donors (Lipinski definition) is 10. The highest BCUT2D eigenvalue weighted by Crippen LogP contribution is 2.24. The van der Waals surface area contributed by atoms with Crippen LogP contribution in [-0.2, 0) is 114 Å². The second-order valence-electron chi connectivity index (χ2n) is 21.6. The first-order valence-electron chi connectivity index (χ1n) is 30.4. The summed E-state index contributed by atoms with van der Waals surface area (Å²) in [6.45, 7) is 9.65. The number of ether oxygens (including phenoxy) is 18. The van der Waals surface area contributed by atoms with Crippen molar-refractivity contribution >= 4 is 35.6 Å². The van der Waals surface area contributed by atoms with Gasteiger partial charge in [-0.1, -0.05) is 6.92 Å². The van der Waals surface area contributed by atoms with Crippen molar-refractivity contribution in [3.63, 3.8) is 0 Å². The molecule has 0 bridgehead atoms. The molecule has 34 nitrogen and oxygen atoms in total.